The maximum Gasteiger partial charge on any atom is 0.306 e. The number of carbonyl (C=O) groups excluding carboxylic acids is 2. The van der Waals surface area contributed by atoms with Crippen LogP contribution in [-0.2, 0) is 38.0 Å². The zero-order valence-electron chi connectivity index (χ0n) is 45.7. The molecule has 15 heteroatoms. The SMILES string of the molecule is CCCCCCCC=C=CCCCCCCCC(=O)OC[C@H](CO[C@H]1O[C@@H](CO[C@H]2O[C@@H](CO)[C@@H](O)C(O)C2O)[C@@H](O)C(O)C1O)OC(=O)CCCCCCCCCCCCCCCCCCCCCCCC. The summed E-state index contributed by atoms with van der Waals surface area (Å²) in [6.45, 7) is 2.60. The molecule has 0 saturated carbocycles. The zero-order valence-corrected chi connectivity index (χ0v) is 45.7. The fourth-order valence-electron chi connectivity index (χ4n) is 9.43. The first-order valence-corrected chi connectivity index (χ1v) is 29.5. The molecule has 15 nitrogen and oxygen atoms in total. The third kappa shape index (κ3) is 32.4. The molecule has 2 heterocycles. The Morgan fingerprint density at radius 1 is 0.452 bits per heavy atom. The van der Waals surface area contributed by atoms with E-state index in [9.17, 15) is 45.3 Å². The average molecular weight is 1040 g/mol. The highest BCUT2D eigenvalue weighted by Crippen LogP contribution is 2.27. The second kappa shape index (κ2) is 45.1. The minimum absolute atomic E-state index is 0.166. The summed E-state index contributed by atoms with van der Waals surface area (Å²) < 4.78 is 33.7. The number of hydrogen-bond donors (Lipinski definition) is 7. The van der Waals surface area contributed by atoms with Gasteiger partial charge in [0.05, 0.1) is 19.8 Å². The molecule has 0 radical (unpaired) electrons. The van der Waals surface area contributed by atoms with Gasteiger partial charge in [0.2, 0.25) is 0 Å². The normalized spacial score (nSPS) is 24.5. The zero-order chi connectivity index (χ0) is 53.2. The Hall–Kier alpha value is -1.98. The van der Waals surface area contributed by atoms with Crippen molar-refractivity contribution in [3.05, 3.63) is 17.9 Å². The van der Waals surface area contributed by atoms with Gasteiger partial charge in [-0.2, -0.15) is 0 Å². The van der Waals surface area contributed by atoms with Crippen molar-refractivity contribution in [1.82, 2.24) is 0 Å². The highest BCUT2D eigenvalue weighted by molar-refractivity contribution is 5.70. The predicted molar refractivity (Wildman–Crippen MR) is 283 cm³/mol. The fraction of sp³-hybridized carbons (Fsp3) is 0.914. The smallest absolute Gasteiger partial charge is 0.306 e. The molecular formula is C58H106O15. The second-order valence-corrected chi connectivity index (χ2v) is 20.9. The van der Waals surface area contributed by atoms with Crippen LogP contribution >= 0.6 is 0 Å². The van der Waals surface area contributed by atoms with Crippen molar-refractivity contribution < 1.29 is 73.8 Å². The van der Waals surface area contributed by atoms with Gasteiger partial charge < -0.3 is 64.2 Å². The molecule has 4 unspecified atom stereocenters. The Bertz CT molecular complexity index is 1380. The molecule has 0 spiro atoms. The maximum atomic E-state index is 13.1. The number of unbranched alkanes of at least 4 members (excludes halogenated alkanes) is 31. The number of aliphatic hydroxyl groups excluding tert-OH is 7. The first-order chi connectivity index (χ1) is 35.5. The van der Waals surface area contributed by atoms with Crippen molar-refractivity contribution in [2.45, 2.75) is 313 Å². The Labute approximate surface area is 441 Å². The second-order valence-electron chi connectivity index (χ2n) is 20.9. The number of aliphatic hydroxyl groups is 7. The quantitative estimate of drug-likeness (QED) is 0.0171. The van der Waals surface area contributed by atoms with Crippen molar-refractivity contribution in [2.24, 2.45) is 0 Å². The summed E-state index contributed by atoms with van der Waals surface area (Å²) in [7, 11) is 0. The van der Waals surface area contributed by atoms with Gasteiger partial charge in [-0.05, 0) is 50.7 Å². The van der Waals surface area contributed by atoms with Crippen LogP contribution in [0.5, 0.6) is 0 Å². The lowest BCUT2D eigenvalue weighted by atomic mass is 9.98. The Kier molecular flexibility index (Phi) is 41.5. The van der Waals surface area contributed by atoms with E-state index in [1.54, 1.807) is 0 Å². The lowest BCUT2D eigenvalue weighted by Crippen LogP contribution is -2.61. The molecule has 2 fully saturated rings. The van der Waals surface area contributed by atoms with E-state index in [1.165, 1.54) is 148 Å². The molecule has 2 aliphatic heterocycles. The van der Waals surface area contributed by atoms with Crippen molar-refractivity contribution in [3.63, 3.8) is 0 Å². The van der Waals surface area contributed by atoms with E-state index >= 15 is 0 Å². The highest BCUT2D eigenvalue weighted by atomic mass is 16.7. The summed E-state index contributed by atoms with van der Waals surface area (Å²) in [6.07, 6.45) is 28.7. The lowest BCUT2D eigenvalue weighted by molar-refractivity contribution is -0.332. The Morgan fingerprint density at radius 2 is 0.822 bits per heavy atom. The van der Waals surface area contributed by atoms with Crippen LogP contribution in [-0.4, -0.2) is 142 Å². The van der Waals surface area contributed by atoms with Gasteiger partial charge >= 0.3 is 11.9 Å². The van der Waals surface area contributed by atoms with Gasteiger partial charge in [-0.3, -0.25) is 9.59 Å². The van der Waals surface area contributed by atoms with Gasteiger partial charge in [0.25, 0.3) is 0 Å². The lowest BCUT2D eigenvalue weighted by Gasteiger charge is -2.42. The van der Waals surface area contributed by atoms with Crippen LogP contribution in [0.15, 0.2) is 17.9 Å². The third-order valence-electron chi connectivity index (χ3n) is 14.3. The standard InChI is InChI=1S/C58H106O15/c1-3-5-7-9-11-13-15-17-19-20-21-22-23-24-25-27-29-31-33-35-37-39-41-50(61)71-46(43-68-49(60)40-38-36-34-32-30-28-26-18-16-14-12-10-8-6-4-2)44-69-57-56(67)54(65)52(63)48(73-57)45-70-58-55(66)53(64)51(62)47(42-59)72-58/h16,26,46-48,51-59,62-67H,3-15,17,19-25,27-45H2,1-2H3/t18?,46-,47+,48+,51-,52-,53?,54?,55?,56?,57+,58+/m1/s1. The average Bonchev–Trinajstić information content (AvgIpc) is 3.38. The number of ether oxygens (including phenoxy) is 6. The van der Waals surface area contributed by atoms with Gasteiger partial charge in [0, 0.05) is 12.8 Å². The molecule has 0 aliphatic carbocycles. The highest BCUT2D eigenvalue weighted by Gasteiger charge is 2.47. The van der Waals surface area contributed by atoms with Crippen LogP contribution in [0.2, 0.25) is 0 Å². The minimum Gasteiger partial charge on any atom is -0.462 e. The molecule has 7 N–H and O–H groups in total. The molecule has 428 valence electrons. The minimum atomic E-state index is -1.77. The van der Waals surface area contributed by atoms with Crippen LogP contribution in [0.4, 0.5) is 0 Å². The summed E-state index contributed by atoms with van der Waals surface area (Å²) >= 11 is 0. The predicted octanol–water partition coefficient (Wildman–Crippen LogP) is 9.88. The molecule has 73 heavy (non-hydrogen) atoms. The Balaban J connectivity index is 1.74. The van der Waals surface area contributed by atoms with E-state index in [2.05, 4.69) is 31.7 Å². The van der Waals surface area contributed by atoms with Gasteiger partial charge in [-0.1, -0.05) is 194 Å². The molecular weight excluding hydrogens is 937 g/mol. The van der Waals surface area contributed by atoms with Crippen LogP contribution in [0.1, 0.15) is 245 Å². The molecule has 2 saturated heterocycles. The largest absolute Gasteiger partial charge is 0.462 e. The van der Waals surface area contributed by atoms with Crippen LogP contribution in [0.3, 0.4) is 0 Å². The summed E-state index contributed by atoms with van der Waals surface area (Å²) in [5.41, 5.74) is 3.29. The number of esters is 2. The van der Waals surface area contributed by atoms with Crippen molar-refractivity contribution >= 4 is 11.9 Å². The molecule has 11 atom stereocenters. The van der Waals surface area contributed by atoms with Gasteiger partial charge in [0.15, 0.2) is 18.7 Å². The topological polar surface area (TPSA) is 231 Å². The first-order valence-electron chi connectivity index (χ1n) is 29.5. The van der Waals surface area contributed by atoms with Crippen molar-refractivity contribution in [2.75, 3.05) is 26.4 Å². The number of allylic oxidation sites excluding steroid dienone is 1. The maximum absolute atomic E-state index is 13.1. The monoisotopic (exact) mass is 1040 g/mol. The van der Waals surface area contributed by atoms with E-state index in [0.717, 1.165) is 57.8 Å². The van der Waals surface area contributed by atoms with Gasteiger partial charge in [0.1, 0.15) is 55.4 Å². The van der Waals surface area contributed by atoms with Gasteiger partial charge in [-0.25, -0.2) is 0 Å². The fourth-order valence-corrected chi connectivity index (χ4v) is 9.43. The van der Waals surface area contributed by atoms with E-state index < -0.39 is 92.7 Å². The van der Waals surface area contributed by atoms with E-state index in [-0.39, 0.29) is 26.1 Å². The van der Waals surface area contributed by atoms with E-state index in [1.807, 2.05) is 0 Å². The summed E-state index contributed by atoms with van der Waals surface area (Å²) in [4.78, 5) is 25.9. The molecule has 0 bridgehead atoms. The summed E-state index contributed by atoms with van der Waals surface area (Å²) in [6, 6.07) is 0. The third-order valence-corrected chi connectivity index (χ3v) is 14.3. The first kappa shape index (κ1) is 67.1. The summed E-state index contributed by atoms with van der Waals surface area (Å²) in [5, 5.41) is 72.3. The van der Waals surface area contributed by atoms with E-state index in [4.69, 9.17) is 28.4 Å². The molecule has 0 aromatic heterocycles. The number of hydrogen-bond acceptors (Lipinski definition) is 15. The van der Waals surface area contributed by atoms with Crippen molar-refractivity contribution in [1.29, 1.82) is 0 Å². The van der Waals surface area contributed by atoms with Crippen LogP contribution < -0.4 is 0 Å². The number of carbonyl (C=O) groups is 2. The van der Waals surface area contributed by atoms with Crippen molar-refractivity contribution in [3.8, 4) is 0 Å². The molecule has 0 aromatic carbocycles. The molecule has 2 aliphatic rings. The van der Waals surface area contributed by atoms with Crippen LogP contribution in [0.25, 0.3) is 0 Å². The summed E-state index contributed by atoms with van der Waals surface area (Å²) in [5.74, 6) is -0.932. The van der Waals surface area contributed by atoms with Gasteiger partial charge in [-0.15, -0.1) is 5.73 Å². The van der Waals surface area contributed by atoms with Crippen LogP contribution in [0, 0.1) is 0 Å². The molecule has 2 rings (SSSR count). The van der Waals surface area contributed by atoms with E-state index in [0.29, 0.717) is 12.8 Å². The number of rotatable bonds is 47. The molecule has 0 aromatic rings. The Morgan fingerprint density at radius 3 is 1.26 bits per heavy atom. The molecule has 0 amide bonds.